The van der Waals surface area contributed by atoms with Gasteiger partial charge in [-0.25, -0.2) is 4.39 Å². The van der Waals surface area contributed by atoms with Gasteiger partial charge in [-0.2, -0.15) is 0 Å². The fourth-order valence-corrected chi connectivity index (χ4v) is 3.53. The van der Waals surface area contributed by atoms with Crippen LogP contribution in [0, 0.1) is 5.82 Å². The maximum absolute atomic E-state index is 13.2. The van der Waals surface area contributed by atoms with Gasteiger partial charge >= 0.3 is 0 Å². The van der Waals surface area contributed by atoms with E-state index in [1.54, 1.807) is 6.92 Å². The maximum atomic E-state index is 13.2. The summed E-state index contributed by atoms with van der Waals surface area (Å²) in [6.07, 6.45) is 4.15. The number of halogens is 1. The van der Waals surface area contributed by atoms with Crippen LogP contribution in [0.1, 0.15) is 32.6 Å². The van der Waals surface area contributed by atoms with Crippen molar-refractivity contribution in [3.63, 3.8) is 0 Å². The van der Waals surface area contributed by atoms with Crippen molar-refractivity contribution in [2.24, 2.45) is 0 Å². The van der Waals surface area contributed by atoms with E-state index >= 15 is 0 Å². The van der Waals surface area contributed by atoms with Gasteiger partial charge in [-0.15, -0.1) is 0 Å². The monoisotopic (exact) mass is 298 g/mol. The third kappa shape index (κ3) is 3.36. The van der Waals surface area contributed by atoms with Gasteiger partial charge in [-0.1, -0.05) is 12.8 Å². The third-order valence-electron chi connectivity index (χ3n) is 3.58. The topological polar surface area (TPSA) is 72.2 Å². The number of nitrogen functional groups attached to an aromatic ring is 1. The number of carbonyl (C=O) groups is 1. The van der Waals surface area contributed by atoms with E-state index in [-0.39, 0.29) is 22.5 Å². The van der Waals surface area contributed by atoms with E-state index in [0.717, 1.165) is 31.7 Å². The van der Waals surface area contributed by atoms with Crippen LogP contribution in [-0.4, -0.2) is 21.4 Å². The molecule has 1 aromatic rings. The summed E-state index contributed by atoms with van der Waals surface area (Å²) in [7, 11) is -1.66. The molecule has 1 aromatic carbocycles. The van der Waals surface area contributed by atoms with Crippen molar-refractivity contribution in [2.45, 2.75) is 48.8 Å². The van der Waals surface area contributed by atoms with Crippen molar-refractivity contribution in [1.82, 2.24) is 5.32 Å². The van der Waals surface area contributed by atoms with Crippen molar-refractivity contribution < 1.29 is 13.4 Å². The molecule has 1 aliphatic rings. The Morgan fingerprint density at radius 1 is 1.45 bits per heavy atom. The average molecular weight is 298 g/mol. The molecule has 2 unspecified atom stereocenters. The van der Waals surface area contributed by atoms with E-state index in [1.807, 2.05) is 0 Å². The highest BCUT2D eigenvalue weighted by atomic mass is 32.2. The van der Waals surface area contributed by atoms with Crippen molar-refractivity contribution in [1.29, 1.82) is 0 Å². The van der Waals surface area contributed by atoms with Gasteiger partial charge in [-0.05, 0) is 38.0 Å². The Bertz CT molecular complexity index is 530. The largest absolute Gasteiger partial charge is 0.398 e. The highest BCUT2D eigenvalue weighted by molar-refractivity contribution is 7.86. The van der Waals surface area contributed by atoms with Gasteiger partial charge in [0, 0.05) is 11.7 Å². The molecular weight excluding hydrogens is 279 g/mol. The molecule has 2 atom stereocenters. The molecule has 3 N–H and O–H groups in total. The number of carbonyl (C=O) groups excluding carboxylic acids is 1. The van der Waals surface area contributed by atoms with Gasteiger partial charge in [-0.3, -0.25) is 9.00 Å². The summed E-state index contributed by atoms with van der Waals surface area (Å²) >= 11 is 0. The summed E-state index contributed by atoms with van der Waals surface area (Å²) in [5.41, 5.74) is 5.94. The predicted octanol–water partition coefficient (Wildman–Crippen LogP) is 1.96. The quantitative estimate of drug-likeness (QED) is 0.835. The minimum Gasteiger partial charge on any atom is -0.398 e. The summed E-state index contributed by atoms with van der Waals surface area (Å²) in [5, 5.41) is 2.15. The van der Waals surface area contributed by atoms with Gasteiger partial charge in [0.25, 0.3) is 0 Å². The molecule has 110 valence electrons. The lowest BCUT2D eigenvalue weighted by Crippen LogP contribution is -2.40. The average Bonchev–Trinajstić information content (AvgIpc) is 2.92. The van der Waals surface area contributed by atoms with Gasteiger partial charge in [0.2, 0.25) is 5.91 Å². The number of rotatable bonds is 4. The van der Waals surface area contributed by atoms with E-state index in [0.29, 0.717) is 0 Å². The Labute approximate surface area is 120 Å². The Kier molecular flexibility index (Phi) is 4.75. The van der Waals surface area contributed by atoms with Crippen LogP contribution in [0.3, 0.4) is 0 Å². The fraction of sp³-hybridized carbons (Fsp3) is 0.500. The number of amides is 1. The number of anilines is 1. The Balaban J connectivity index is 2.07. The molecule has 1 aliphatic carbocycles. The molecule has 0 aromatic heterocycles. The van der Waals surface area contributed by atoms with Crippen LogP contribution in [0.5, 0.6) is 0 Å². The van der Waals surface area contributed by atoms with Crippen LogP contribution in [0.25, 0.3) is 0 Å². The molecule has 0 saturated heterocycles. The Morgan fingerprint density at radius 2 is 2.10 bits per heavy atom. The zero-order valence-electron chi connectivity index (χ0n) is 11.4. The first kappa shape index (κ1) is 15.0. The molecule has 0 radical (unpaired) electrons. The zero-order valence-corrected chi connectivity index (χ0v) is 12.2. The van der Waals surface area contributed by atoms with Crippen molar-refractivity contribution in [3.05, 3.63) is 24.0 Å². The molecule has 2 rings (SSSR count). The van der Waals surface area contributed by atoms with Gasteiger partial charge in [0.05, 0.1) is 15.7 Å². The number of hydrogen-bond acceptors (Lipinski definition) is 3. The van der Waals surface area contributed by atoms with Gasteiger partial charge in [0.1, 0.15) is 11.1 Å². The molecule has 20 heavy (non-hydrogen) atoms. The first-order valence-corrected chi connectivity index (χ1v) is 7.96. The molecule has 4 nitrogen and oxygen atoms in total. The standard InChI is InChI=1S/C14H19FN2O2S/c1-9(14(18)17-11-4-2-3-5-11)20(19)13-8-10(15)6-7-12(13)16/h6-9,11H,2-5,16H2,1H3,(H,17,18). The smallest absolute Gasteiger partial charge is 0.236 e. The molecule has 1 fully saturated rings. The second-order valence-corrected chi connectivity index (χ2v) is 6.85. The second kappa shape index (κ2) is 6.35. The highest BCUT2D eigenvalue weighted by Crippen LogP contribution is 2.22. The van der Waals surface area contributed by atoms with E-state index in [1.165, 1.54) is 12.1 Å². The number of nitrogens with one attached hydrogen (secondary N) is 1. The molecule has 1 saturated carbocycles. The molecule has 0 aliphatic heterocycles. The summed E-state index contributed by atoms with van der Waals surface area (Å²) in [5.74, 6) is -0.773. The molecule has 1 amide bonds. The molecule has 0 spiro atoms. The minimum atomic E-state index is -1.66. The van der Waals surface area contributed by atoms with E-state index in [2.05, 4.69) is 5.32 Å². The SMILES string of the molecule is CC(C(=O)NC1CCCC1)S(=O)c1cc(F)ccc1N. The van der Waals surface area contributed by atoms with Crippen molar-refractivity contribution >= 4 is 22.4 Å². The summed E-state index contributed by atoms with van der Waals surface area (Å²) in [6.45, 7) is 1.57. The molecule has 0 bridgehead atoms. The Morgan fingerprint density at radius 3 is 2.75 bits per heavy atom. The molecule has 0 heterocycles. The summed E-state index contributed by atoms with van der Waals surface area (Å²) < 4.78 is 25.5. The number of hydrogen-bond donors (Lipinski definition) is 2. The van der Waals surface area contributed by atoms with Crippen LogP contribution in [0.15, 0.2) is 23.1 Å². The summed E-state index contributed by atoms with van der Waals surface area (Å²) in [4.78, 5) is 12.3. The Hall–Kier alpha value is -1.43. The number of benzene rings is 1. The lowest BCUT2D eigenvalue weighted by molar-refractivity contribution is -0.121. The summed E-state index contributed by atoms with van der Waals surface area (Å²) in [6, 6.07) is 3.88. The lowest BCUT2D eigenvalue weighted by atomic mass is 10.2. The van der Waals surface area contributed by atoms with Crippen LogP contribution >= 0.6 is 0 Å². The van der Waals surface area contributed by atoms with E-state index in [9.17, 15) is 13.4 Å². The van der Waals surface area contributed by atoms with E-state index in [4.69, 9.17) is 5.73 Å². The highest BCUT2D eigenvalue weighted by Gasteiger charge is 2.26. The van der Waals surface area contributed by atoms with Gasteiger partial charge < -0.3 is 11.1 Å². The van der Waals surface area contributed by atoms with Gasteiger partial charge in [0.15, 0.2) is 0 Å². The lowest BCUT2D eigenvalue weighted by Gasteiger charge is -2.17. The van der Waals surface area contributed by atoms with Crippen LogP contribution < -0.4 is 11.1 Å². The second-order valence-electron chi connectivity index (χ2n) is 5.11. The van der Waals surface area contributed by atoms with Crippen LogP contribution in [0.2, 0.25) is 0 Å². The molecule has 6 heteroatoms. The van der Waals surface area contributed by atoms with Crippen molar-refractivity contribution in [3.8, 4) is 0 Å². The minimum absolute atomic E-state index is 0.173. The zero-order chi connectivity index (χ0) is 14.7. The normalized spacial score (nSPS) is 18.7. The molecular formula is C14H19FN2O2S. The van der Waals surface area contributed by atoms with Crippen LogP contribution in [-0.2, 0) is 15.6 Å². The predicted molar refractivity (Wildman–Crippen MR) is 77.1 cm³/mol. The van der Waals surface area contributed by atoms with Crippen molar-refractivity contribution in [2.75, 3.05) is 5.73 Å². The maximum Gasteiger partial charge on any atom is 0.236 e. The number of nitrogens with two attached hydrogens (primary N) is 1. The third-order valence-corrected chi connectivity index (χ3v) is 5.23. The van der Waals surface area contributed by atoms with E-state index < -0.39 is 21.9 Å². The van der Waals surface area contributed by atoms with Crippen LogP contribution in [0.4, 0.5) is 10.1 Å². The fourth-order valence-electron chi connectivity index (χ4n) is 2.36. The first-order chi connectivity index (χ1) is 9.49. The first-order valence-electron chi connectivity index (χ1n) is 6.75.